The van der Waals surface area contributed by atoms with Crippen LogP contribution in [0.5, 0.6) is 0 Å². The third-order valence-corrected chi connectivity index (χ3v) is 19.3. The van der Waals surface area contributed by atoms with Crippen molar-refractivity contribution in [3.63, 3.8) is 0 Å². The van der Waals surface area contributed by atoms with Crippen LogP contribution in [0.4, 0.5) is 0 Å². The lowest BCUT2D eigenvalue weighted by molar-refractivity contribution is -0.152. The Morgan fingerprint density at radius 1 is 0.621 bits per heavy atom. The highest BCUT2D eigenvalue weighted by Gasteiger charge is 2.45. The Balaban J connectivity index is 1.91. The van der Waals surface area contributed by atoms with Gasteiger partial charge in [0.15, 0.2) is 0 Å². The second-order valence-electron chi connectivity index (χ2n) is 27.5. The predicted molar refractivity (Wildman–Crippen MR) is 373 cm³/mol. The first kappa shape index (κ1) is 80.5. The molecular weight excluding hydrogens is 1350 g/mol. The monoisotopic (exact) mass is 1460 g/mol. The van der Waals surface area contributed by atoms with Crippen LogP contribution in [0, 0.1) is 21.3 Å². The Kier molecular flexibility index (Phi) is 30.9. The topological polar surface area (TPSA) is 279 Å². The minimum Gasteiger partial charge on any atom is -0.342 e. The molecule has 26 heteroatoms. The van der Waals surface area contributed by atoms with Crippen LogP contribution < -0.4 is 21.3 Å². The molecule has 2 heterocycles. The van der Waals surface area contributed by atoms with Gasteiger partial charge in [0.1, 0.15) is 47.3 Å². The molecule has 0 saturated carbocycles. The highest BCUT2D eigenvalue weighted by atomic mass is 127. The second-order valence-corrected chi connectivity index (χ2v) is 29.2. The molecule has 4 rings (SSSR count). The molecule has 2 saturated heterocycles. The van der Waals surface area contributed by atoms with Crippen molar-refractivity contribution < 1.29 is 57.5 Å². The van der Waals surface area contributed by atoms with Crippen LogP contribution in [0.2, 0.25) is 5.02 Å². The maximum atomic E-state index is 15.2. The number of likely N-dealkylation sites (N-methyl/N-ethyl adjacent to an activating group) is 7. The van der Waals surface area contributed by atoms with Crippen molar-refractivity contribution in [2.24, 2.45) is 17.8 Å². The van der Waals surface area contributed by atoms with E-state index in [9.17, 15) is 43.2 Å². The molecule has 528 valence electrons. The standard InChI is InChI=1S/C69H106ClIN12O12/c1-18-20-27-50-62(90)82(17)68(8,9)66(94)73-51(34-43(3)4)61(89)81(16)54(64(92)83-32-22-21-23-33-83)38-56(85)79(14)52(35-44(5)6)60(88)74-59(45(7)19-2)65(93)78(13)41-57(86)76(11)42-58(87)80(15)53(37-46-28-30-48(70)31-29-46)63(91)77(12)40-55(84)75-69(10,67(95)72-50)39-47-25-24-26-49(71)36-47/h24-26,28-31,36,43-45,50-54,59H,18-23,27,32-35,37-42H2,1-17H3,(H,72,95)(H,73,94)(H,74,88)(H,75,84)/t45-,50-,51-,52-,53-,54?,59-,69-/m0/s1. The average Bonchev–Trinajstić information content (AvgIpc) is 0.976. The van der Waals surface area contributed by atoms with Gasteiger partial charge in [0.2, 0.25) is 70.9 Å². The summed E-state index contributed by atoms with van der Waals surface area (Å²) in [5.74, 6) is -8.91. The minimum absolute atomic E-state index is 0.0520. The number of carbonyl (C=O) groups is 12. The number of nitrogens with zero attached hydrogens (tertiary/aromatic N) is 8. The fraction of sp³-hybridized carbons (Fsp3) is 0.652. The van der Waals surface area contributed by atoms with E-state index in [-0.39, 0.29) is 43.9 Å². The quantitative estimate of drug-likeness (QED) is 0.184. The summed E-state index contributed by atoms with van der Waals surface area (Å²) in [6.07, 6.45) is 3.39. The number of likely N-dealkylation sites (tertiary alicyclic amines) is 1. The summed E-state index contributed by atoms with van der Waals surface area (Å²) in [6.45, 7) is 16.5. The zero-order chi connectivity index (χ0) is 71.6. The van der Waals surface area contributed by atoms with Gasteiger partial charge in [-0.25, -0.2) is 0 Å². The molecule has 12 amide bonds. The number of rotatable bonds is 14. The third kappa shape index (κ3) is 22.6. The smallest absolute Gasteiger partial charge is 0.246 e. The number of hydrogen-bond donors (Lipinski definition) is 4. The first-order chi connectivity index (χ1) is 44.4. The fourth-order valence-corrected chi connectivity index (χ4v) is 12.4. The maximum absolute atomic E-state index is 15.2. The average molecular weight is 1460 g/mol. The van der Waals surface area contributed by atoms with Gasteiger partial charge in [-0.15, -0.1) is 0 Å². The fourth-order valence-electron chi connectivity index (χ4n) is 11.7. The molecule has 0 radical (unpaired) electrons. The second kappa shape index (κ2) is 36.4. The van der Waals surface area contributed by atoms with Gasteiger partial charge in [0.25, 0.3) is 0 Å². The van der Waals surface area contributed by atoms with E-state index < -0.39 is 150 Å². The summed E-state index contributed by atoms with van der Waals surface area (Å²) in [5, 5.41) is 12.0. The van der Waals surface area contributed by atoms with E-state index in [1.807, 2.05) is 53.7 Å². The van der Waals surface area contributed by atoms with Crippen molar-refractivity contribution in [1.29, 1.82) is 0 Å². The summed E-state index contributed by atoms with van der Waals surface area (Å²) < 4.78 is 0.839. The Hall–Kier alpha value is -6.90. The number of unbranched alkanes of at least 4 members (excludes halogenated alkanes) is 1. The van der Waals surface area contributed by atoms with Gasteiger partial charge in [-0.2, -0.15) is 0 Å². The van der Waals surface area contributed by atoms with Crippen molar-refractivity contribution in [2.75, 3.05) is 82.1 Å². The van der Waals surface area contributed by atoms with Crippen LogP contribution in [0.1, 0.15) is 145 Å². The Morgan fingerprint density at radius 2 is 1.20 bits per heavy atom. The van der Waals surface area contributed by atoms with Crippen molar-refractivity contribution in [3.8, 4) is 0 Å². The van der Waals surface area contributed by atoms with Crippen molar-refractivity contribution in [3.05, 3.63) is 68.3 Å². The molecular formula is C69H106ClIN12O12. The number of carbonyl (C=O) groups excluding carboxylic acids is 12. The molecule has 24 nitrogen and oxygen atoms in total. The van der Waals surface area contributed by atoms with Crippen LogP contribution in [-0.2, 0) is 70.4 Å². The Bertz CT molecular complexity index is 3050. The number of amides is 12. The van der Waals surface area contributed by atoms with E-state index in [1.165, 1.54) is 89.7 Å². The first-order valence-corrected chi connectivity index (χ1v) is 34.6. The minimum atomic E-state index is -1.79. The highest BCUT2D eigenvalue weighted by Crippen LogP contribution is 2.25. The molecule has 0 aliphatic carbocycles. The van der Waals surface area contributed by atoms with E-state index in [0.717, 1.165) is 24.7 Å². The molecule has 95 heavy (non-hydrogen) atoms. The number of hydrogen-bond acceptors (Lipinski definition) is 12. The van der Waals surface area contributed by atoms with E-state index in [2.05, 4.69) is 43.9 Å². The molecule has 2 aliphatic rings. The molecule has 4 N–H and O–H groups in total. The zero-order valence-electron chi connectivity index (χ0n) is 59.1. The van der Waals surface area contributed by atoms with Gasteiger partial charge >= 0.3 is 0 Å². The summed E-state index contributed by atoms with van der Waals surface area (Å²) >= 11 is 8.38. The summed E-state index contributed by atoms with van der Waals surface area (Å²) in [4.78, 5) is 187. The number of piperidine rings is 1. The van der Waals surface area contributed by atoms with E-state index in [4.69, 9.17) is 11.6 Å². The molecule has 0 aromatic heterocycles. The third-order valence-electron chi connectivity index (χ3n) is 18.4. The van der Waals surface area contributed by atoms with Crippen LogP contribution in [-0.4, -0.2) is 239 Å². The predicted octanol–water partition coefficient (Wildman–Crippen LogP) is 4.90. The Morgan fingerprint density at radius 3 is 1.78 bits per heavy atom. The van der Waals surface area contributed by atoms with Gasteiger partial charge in [-0.05, 0) is 135 Å². The van der Waals surface area contributed by atoms with Gasteiger partial charge in [-0.3, -0.25) is 57.5 Å². The zero-order valence-corrected chi connectivity index (χ0v) is 62.0. The molecule has 2 aromatic carbocycles. The lowest BCUT2D eigenvalue weighted by atomic mass is 9.90. The van der Waals surface area contributed by atoms with Gasteiger partial charge in [0, 0.05) is 83.9 Å². The SMILES string of the molecule is CCCC[C@@H]1NC(=O)[C@](C)(Cc2cccc(I)c2)NC(=O)CN(C)C(=O)[C@H](Cc2ccc(Cl)cc2)N(C)C(=O)CN(C)C(=O)CN(C)C(=O)[C@H]([C@@H](C)CC)NC(=O)[C@H](CC(C)C)N(C)C(=O)CC(C(=O)N2CCCCC2)N(C)C(=O)[C@H](CC(C)C)NC(=O)C(C)(C)N(C)C1=O. The summed E-state index contributed by atoms with van der Waals surface area (Å²) in [6, 6.07) is 6.35. The molecule has 1 unspecified atom stereocenters. The van der Waals surface area contributed by atoms with Crippen LogP contribution in [0.15, 0.2) is 48.5 Å². The maximum Gasteiger partial charge on any atom is 0.246 e. The van der Waals surface area contributed by atoms with E-state index >= 15 is 14.4 Å². The van der Waals surface area contributed by atoms with Crippen LogP contribution >= 0.6 is 34.2 Å². The number of halogens is 2. The van der Waals surface area contributed by atoms with E-state index in [1.54, 1.807) is 48.2 Å². The first-order valence-electron chi connectivity index (χ1n) is 33.2. The number of benzene rings is 2. The van der Waals surface area contributed by atoms with Crippen molar-refractivity contribution in [2.45, 2.75) is 194 Å². The Labute approximate surface area is 581 Å². The van der Waals surface area contributed by atoms with Crippen LogP contribution in [0.3, 0.4) is 0 Å². The highest BCUT2D eigenvalue weighted by molar-refractivity contribution is 14.1. The van der Waals surface area contributed by atoms with Gasteiger partial charge in [0.05, 0.1) is 26.1 Å². The molecule has 0 spiro atoms. The van der Waals surface area contributed by atoms with E-state index in [0.29, 0.717) is 61.3 Å². The number of nitrogens with one attached hydrogen (secondary N) is 4. The lowest BCUT2D eigenvalue weighted by Gasteiger charge is -2.40. The van der Waals surface area contributed by atoms with Crippen molar-refractivity contribution in [1.82, 2.24) is 60.5 Å². The molecule has 2 aromatic rings. The summed E-state index contributed by atoms with van der Waals surface area (Å²) in [7, 11) is 9.79. The molecule has 0 bridgehead atoms. The van der Waals surface area contributed by atoms with Gasteiger partial charge in [-0.1, -0.05) is 104 Å². The van der Waals surface area contributed by atoms with Gasteiger partial charge < -0.3 is 60.5 Å². The molecule has 8 atom stereocenters. The lowest BCUT2D eigenvalue weighted by Crippen LogP contribution is -2.65. The normalized spacial score (nSPS) is 24.6. The molecule has 2 aliphatic heterocycles. The van der Waals surface area contributed by atoms with Crippen LogP contribution in [0.25, 0.3) is 0 Å². The van der Waals surface area contributed by atoms with Crippen molar-refractivity contribution >= 4 is 105 Å². The summed E-state index contributed by atoms with van der Waals surface area (Å²) in [5.41, 5.74) is -2.23. The molecule has 2 fully saturated rings. The largest absolute Gasteiger partial charge is 0.342 e.